The first-order valence-electron chi connectivity index (χ1n) is 4.49. The topological polar surface area (TPSA) is 12.0 Å². The minimum Gasteiger partial charge on any atom is -0.327 e. The lowest BCUT2D eigenvalue weighted by molar-refractivity contribution is 0.571. The molecule has 0 heterocycles. The predicted octanol–water partition coefficient (Wildman–Crippen LogP) is 3.74. The van der Waals surface area contributed by atoms with Crippen LogP contribution in [0.1, 0.15) is 18.9 Å². The van der Waals surface area contributed by atoms with Crippen molar-refractivity contribution in [3.8, 4) is 0 Å². The predicted molar refractivity (Wildman–Crippen MR) is 57.5 cm³/mol. The fraction of sp³-hybridized carbons (Fsp3) is 0.400. The van der Waals surface area contributed by atoms with Gasteiger partial charge >= 0.3 is 0 Å². The van der Waals surface area contributed by atoms with E-state index < -0.39 is 11.6 Å². The van der Waals surface area contributed by atoms with E-state index in [0.717, 1.165) is 12.2 Å². The molecule has 0 saturated heterocycles. The summed E-state index contributed by atoms with van der Waals surface area (Å²) in [7, 11) is 0. The summed E-state index contributed by atoms with van der Waals surface area (Å²) in [6.45, 7) is 3.47. The van der Waals surface area contributed by atoms with Crippen molar-refractivity contribution in [3.05, 3.63) is 29.3 Å². The molecule has 0 bridgehead atoms. The van der Waals surface area contributed by atoms with Gasteiger partial charge in [0.15, 0.2) is 5.82 Å². The van der Waals surface area contributed by atoms with Gasteiger partial charge in [0, 0.05) is 11.3 Å². The number of nitrogens with one attached hydrogen (secondary N) is 1. The minimum atomic E-state index is -0.506. The van der Waals surface area contributed by atoms with Gasteiger partial charge in [0.1, 0.15) is 5.82 Å². The summed E-state index contributed by atoms with van der Waals surface area (Å²) in [6, 6.07) is 2.69. The highest BCUT2D eigenvalue weighted by Crippen LogP contribution is 2.22. The van der Waals surface area contributed by atoms with Gasteiger partial charge in [-0.05, 0) is 25.5 Å². The molecule has 0 radical (unpaired) electrons. The molecule has 0 aliphatic carbocycles. The number of rotatable bonds is 4. The van der Waals surface area contributed by atoms with Crippen molar-refractivity contribution < 1.29 is 8.78 Å². The van der Waals surface area contributed by atoms with Crippen LogP contribution in [0.15, 0.2) is 12.1 Å². The van der Waals surface area contributed by atoms with Gasteiger partial charge in [-0.15, -0.1) is 0 Å². The van der Waals surface area contributed by atoms with Crippen LogP contribution in [0.2, 0.25) is 0 Å². The number of halogens is 2. The Morgan fingerprint density at radius 3 is 2.71 bits per heavy atom. The maximum Gasteiger partial charge on any atom is 0.152 e. The molecule has 0 fully saturated rings. The van der Waals surface area contributed by atoms with Crippen LogP contribution in [-0.4, -0.2) is 5.75 Å². The third-order valence-corrected chi connectivity index (χ3v) is 2.79. The maximum atomic E-state index is 13.4. The summed E-state index contributed by atoms with van der Waals surface area (Å²) in [5.74, 6) is -0.113. The average Bonchev–Trinajstić information content (AvgIpc) is 2.18. The normalized spacial score (nSPS) is 10.3. The SMILES string of the molecule is CCCSNc1ccc(F)c(C)c1F. The summed E-state index contributed by atoms with van der Waals surface area (Å²) in [5.41, 5.74) is 0.412. The number of anilines is 1. The van der Waals surface area contributed by atoms with Crippen LogP contribution in [0.4, 0.5) is 14.5 Å². The third-order valence-electron chi connectivity index (χ3n) is 1.81. The van der Waals surface area contributed by atoms with Crippen molar-refractivity contribution in [1.29, 1.82) is 0 Å². The van der Waals surface area contributed by atoms with E-state index in [2.05, 4.69) is 4.72 Å². The van der Waals surface area contributed by atoms with Gasteiger partial charge in [0.2, 0.25) is 0 Å². The molecule has 1 aromatic carbocycles. The van der Waals surface area contributed by atoms with E-state index in [9.17, 15) is 8.78 Å². The molecule has 0 aromatic heterocycles. The molecule has 0 unspecified atom stereocenters. The minimum absolute atomic E-state index is 0.0621. The fourth-order valence-electron chi connectivity index (χ4n) is 0.971. The van der Waals surface area contributed by atoms with Crippen molar-refractivity contribution in [2.75, 3.05) is 10.5 Å². The molecular weight excluding hydrogens is 204 g/mol. The Bertz CT molecular complexity index is 315. The van der Waals surface area contributed by atoms with Gasteiger partial charge in [0.25, 0.3) is 0 Å². The van der Waals surface area contributed by atoms with Crippen LogP contribution in [0.5, 0.6) is 0 Å². The molecule has 4 heteroatoms. The molecule has 0 amide bonds. The highest BCUT2D eigenvalue weighted by atomic mass is 32.2. The first kappa shape index (κ1) is 11.3. The van der Waals surface area contributed by atoms with Crippen LogP contribution in [0, 0.1) is 18.6 Å². The Labute approximate surface area is 87.0 Å². The lowest BCUT2D eigenvalue weighted by Crippen LogP contribution is -1.96. The van der Waals surface area contributed by atoms with Gasteiger partial charge in [-0.2, -0.15) is 0 Å². The zero-order chi connectivity index (χ0) is 10.6. The van der Waals surface area contributed by atoms with Crippen LogP contribution in [0.25, 0.3) is 0 Å². The molecule has 1 rings (SSSR count). The Hall–Kier alpha value is -0.770. The Morgan fingerprint density at radius 2 is 2.07 bits per heavy atom. The van der Waals surface area contributed by atoms with Crippen LogP contribution >= 0.6 is 11.9 Å². The van der Waals surface area contributed by atoms with Gasteiger partial charge in [-0.25, -0.2) is 8.78 Å². The standard InChI is InChI=1S/C10H13F2NS/c1-3-6-14-13-9-5-4-8(11)7(2)10(9)12/h4-5,13H,3,6H2,1-2H3. The molecule has 0 aliphatic heterocycles. The van der Waals surface area contributed by atoms with E-state index in [-0.39, 0.29) is 5.56 Å². The van der Waals surface area contributed by atoms with Gasteiger partial charge < -0.3 is 4.72 Å². The Morgan fingerprint density at radius 1 is 1.36 bits per heavy atom. The van der Waals surface area contributed by atoms with Gasteiger partial charge in [-0.1, -0.05) is 18.9 Å². The van der Waals surface area contributed by atoms with E-state index in [0.29, 0.717) is 5.69 Å². The number of hydrogen-bond donors (Lipinski definition) is 1. The zero-order valence-electron chi connectivity index (χ0n) is 8.23. The van der Waals surface area contributed by atoms with Crippen molar-refractivity contribution in [1.82, 2.24) is 0 Å². The second-order valence-corrected chi connectivity index (χ2v) is 3.89. The van der Waals surface area contributed by atoms with E-state index in [1.54, 1.807) is 0 Å². The van der Waals surface area contributed by atoms with Crippen molar-refractivity contribution >= 4 is 17.6 Å². The smallest absolute Gasteiger partial charge is 0.152 e. The second-order valence-electron chi connectivity index (χ2n) is 2.98. The third kappa shape index (κ3) is 2.61. The van der Waals surface area contributed by atoms with Crippen LogP contribution < -0.4 is 4.72 Å². The lowest BCUT2D eigenvalue weighted by Gasteiger charge is -2.07. The second kappa shape index (κ2) is 5.20. The molecule has 0 atom stereocenters. The van der Waals surface area contributed by atoms with Crippen molar-refractivity contribution in [2.24, 2.45) is 0 Å². The first-order valence-corrected chi connectivity index (χ1v) is 5.47. The molecule has 1 nitrogen and oxygen atoms in total. The molecular formula is C10H13F2NS. The summed E-state index contributed by atoms with van der Waals surface area (Å²) < 4.78 is 29.1. The largest absolute Gasteiger partial charge is 0.327 e. The van der Waals surface area contributed by atoms with E-state index in [1.807, 2.05) is 6.92 Å². The molecule has 0 saturated carbocycles. The average molecular weight is 217 g/mol. The summed E-state index contributed by atoms with van der Waals surface area (Å²) in [6.07, 6.45) is 1.01. The molecule has 0 spiro atoms. The highest BCUT2D eigenvalue weighted by molar-refractivity contribution is 8.00. The van der Waals surface area contributed by atoms with Crippen molar-refractivity contribution in [3.63, 3.8) is 0 Å². The van der Waals surface area contributed by atoms with Gasteiger partial charge in [-0.3, -0.25) is 0 Å². The van der Waals surface area contributed by atoms with E-state index >= 15 is 0 Å². The summed E-state index contributed by atoms with van der Waals surface area (Å²) in [4.78, 5) is 0. The van der Waals surface area contributed by atoms with Gasteiger partial charge in [0.05, 0.1) is 5.69 Å². The Kier molecular flexibility index (Phi) is 4.20. The highest BCUT2D eigenvalue weighted by Gasteiger charge is 2.08. The van der Waals surface area contributed by atoms with Crippen molar-refractivity contribution in [2.45, 2.75) is 20.3 Å². The molecule has 78 valence electrons. The zero-order valence-corrected chi connectivity index (χ0v) is 9.05. The molecule has 14 heavy (non-hydrogen) atoms. The summed E-state index contributed by atoms with van der Waals surface area (Å²) >= 11 is 1.42. The number of hydrogen-bond acceptors (Lipinski definition) is 2. The summed E-state index contributed by atoms with van der Waals surface area (Å²) in [5, 5.41) is 0. The van der Waals surface area contributed by atoms with Crippen LogP contribution in [-0.2, 0) is 0 Å². The molecule has 0 aliphatic rings. The Balaban J connectivity index is 2.73. The number of benzene rings is 1. The monoisotopic (exact) mass is 217 g/mol. The van der Waals surface area contributed by atoms with E-state index in [1.165, 1.54) is 31.0 Å². The lowest BCUT2D eigenvalue weighted by atomic mass is 10.2. The van der Waals surface area contributed by atoms with E-state index in [4.69, 9.17) is 0 Å². The quantitative estimate of drug-likeness (QED) is 0.609. The molecule has 1 N–H and O–H groups in total. The van der Waals surface area contributed by atoms with Crippen LogP contribution in [0.3, 0.4) is 0 Å². The fourth-order valence-corrected chi connectivity index (χ4v) is 1.59. The maximum absolute atomic E-state index is 13.4. The first-order chi connectivity index (χ1) is 6.66. The molecule has 1 aromatic rings.